The first kappa shape index (κ1) is 26.9. The van der Waals surface area contributed by atoms with E-state index in [0.29, 0.717) is 36.8 Å². The second kappa shape index (κ2) is 10.7. The Morgan fingerprint density at radius 2 is 1.73 bits per heavy atom. The van der Waals surface area contributed by atoms with E-state index in [2.05, 4.69) is 19.1 Å². The number of carbonyl (C=O) groups is 1. The second-order valence-electron chi connectivity index (χ2n) is 8.24. The van der Waals surface area contributed by atoms with Crippen LogP contribution in [0.1, 0.15) is 22.4 Å². The number of nitrogens with two attached hydrogens (primary N) is 1. The molecule has 0 spiro atoms. The first-order valence-corrected chi connectivity index (χ1v) is 11.7. The lowest BCUT2D eigenvalue weighted by molar-refractivity contribution is -0.143. The molecular formula is C21H21F6N7O2S. The highest BCUT2D eigenvalue weighted by Crippen LogP contribution is 2.36. The SMILES string of the molecule is Nc1nccc(COC2=NSNC2N2CCN(C(=O)Cc3cc(C(F)(F)F)cc(C(F)(F)F)c3)CC2)n1. The number of alkyl halides is 6. The van der Waals surface area contributed by atoms with Crippen molar-refractivity contribution in [1.82, 2.24) is 24.5 Å². The number of anilines is 1. The van der Waals surface area contributed by atoms with Crippen molar-refractivity contribution in [3.8, 4) is 0 Å². The number of halogens is 6. The number of nitrogens with zero attached hydrogens (tertiary/aromatic N) is 5. The maximum Gasteiger partial charge on any atom is 0.416 e. The molecular weight excluding hydrogens is 528 g/mol. The van der Waals surface area contributed by atoms with Gasteiger partial charge in [-0.2, -0.15) is 30.7 Å². The van der Waals surface area contributed by atoms with E-state index in [9.17, 15) is 31.1 Å². The van der Waals surface area contributed by atoms with Crippen LogP contribution in [0.15, 0.2) is 34.9 Å². The summed E-state index contributed by atoms with van der Waals surface area (Å²) in [5, 5.41) is 0. The van der Waals surface area contributed by atoms with E-state index in [1.54, 1.807) is 6.07 Å². The van der Waals surface area contributed by atoms with Crippen molar-refractivity contribution in [3.63, 3.8) is 0 Å². The molecule has 0 aliphatic carbocycles. The van der Waals surface area contributed by atoms with Gasteiger partial charge in [0.15, 0.2) is 0 Å². The van der Waals surface area contributed by atoms with E-state index in [1.807, 2.05) is 4.90 Å². The lowest BCUT2D eigenvalue weighted by Gasteiger charge is -2.37. The smallest absolute Gasteiger partial charge is 0.416 e. The van der Waals surface area contributed by atoms with Crippen molar-refractivity contribution >= 4 is 29.9 Å². The van der Waals surface area contributed by atoms with Gasteiger partial charge in [-0.15, -0.1) is 0 Å². The highest BCUT2D eigenvalue weighted by Gasteiger charge is 2.38. The van der Waals surface area contributed by atoms with Crippen LogP contribution < -0.4 is 10.5 Å². The van der Waals surface area contributed by atoms with Gasteiger partial charge in [0, 0.05) is 32.4 Å². The number of benzene rings is 1. The zero-order chi connectivity index (χ0) is 26.8. The molecule has 2 aliphatic rings. The summed E-state index contributed by atoms with van der Waals surface area (Å²) in [5.74, 6) is -0.0583. The van der Waals surface area contributed by atoms with Crippen molar-refractivity contribution in [2.24, 2.45) is 4.40 Å². The molecule has 200 valence electrons. The fraction of sp³-hybridized carbons (Fsp3) is 0.429. The van der Waals surface area contributed by atoms with Crippen LogP contribution in [0.3, 0.4) is 0 Å². The van der Waals surface area contributed by atoms with Crippen molar-refractivity contribution < 1.29 is 35.9 Å². The topological polar surface area (TPSA) is 109 Å². The number of hydrogen-bond donors (Lipinski definition) is 2. The number of aromatic nitrogens is 2. The first-order valence-electron chi connectivity index (χ1n) is 10.9. The Morgan fingerprint density at radius 3 is 2.32 bits per heavy atom. The third-order valence-corrected chi connectivity index (χ3v) is 6.27. The molecule has 0 bridgehead atoms. The number of nitrogen functional groups attached to an aromatic ring is 1. The van der Waals surface area contributed by atoms with E-state index in [4.69, 9.17) is 10.5 Å². The molecule has 9 nitrogen and oxygen atoms in total. The second-order valence-corrected chi connectivity index (χ2v) is 8.84. The third kappa shape index (κ3) is 6.81. The Balaban J connectivity index is 1.34. The summed E-state index contributed by atoms with van der Waals surface area (Å²) in [6.45, 7) is 1.32. The van der Waals surface area contributed by atoms with Gasteiger partial charge in [0.1, 0.15) is 12.8 Å². The van der Waals surface area contributed by atoms with Crippen LogP contribution in [0, 0.1) is 0 Å². The predicted octanol–water partition coefficient (Wildman–Crippen LogP) is 2.89. The molecule has 0 radical (unpaired) electrons. The van der Waals surface area contributed by atoms with Crippen LogP contribution in [0.4, 0.5) is 32.3 Å². The van der Waals surface area contributed by atoms with Crippen LogP contribution in [-0.4, -0.2) is 63.9 Å². The van der Waals surface area contributed by atoms with Crippen LogP contribution >= 0.6 is 12.1 Å². The molecule has 2 aliphatic heterocycles. The quantitative estimate of drug-likeness (QED) is 0.433. The van der Waals surface area contributed by atoms with E-state index >= 15 is 0 Å². The van der Waals surface area contributed by atoms with Gasteiger partial charge in [-0.25, -0.2) is 14.7 Å². The van der Waals surface area contributed by atoms with Gasteiger partial charge in [-0.3, -0.25) is 9.69 Å². The summed E-state index contributed by atoms with van der Waals surface area (Å²) in [6, 6.07) is 2.84. The Hall–Kier alpha value is -3.11. The minimum Gasteiger partial charge on any atom is -0.472 e. The zero-order valence-corrected chi connectivity index (χ0v) is 19.8. The van der Waals surface area contributed by atoms with Gasteiger partial charge in [0.05, 0.1) is 35.4 Å². The van der Waals surface area contributed by atoms with Crippen molar-refractivity contribution in [3.05, 3.63) is 52.8 Å². The van der Waals surface area contributed by atoms with Gasteiger partial charge < -0.3 is 15.4 Å². The molecule has 1 saturated heterocycles. The summed E-state index contributed by atoms with van der Waals surface area (Å²) in [7, 11) is 0. The number of amides is 1. The molecule has 1 amide bonds. The molecule has 1 aromatic heterocycles. The summed E-state index contributed by atoms with van der Waals surface area (Å²) < 4.78 is 91.7. The molecule has 1 fully saturated rings. The Bertz CT molecular complexity index is 1140. The van der Waals surface area contributed by atoms with Crippen LogP contribution in [0.5, 0.6) is 0 Å². The summed E-state index contributed by atoms with van der Waals surface area (Å²) in [6.07, 6.45) is -9.42. The van der Waals surface area contributed by atoms with E-state index in [-0.39, 0.29) is 43.4 Å². The highest BCUT2D eigenvalue weighted by atomic mass is 32.2. The normalized spacial score (nSPS) is 19.1. The monoisotopic (exact) mass is 549 g/mol. The fourth-order valence-corrected chi connectivity index (χ4v) is 4.48. The number of piperazine rings is 1. The standard InChI is InChI=1S/C21H21F6N7O2S/c22-20(23,24)13-7-12(8-14(10-13)21(25,26)27)9-16(35)33-3-5-34(6-4-33)17-18(32-37-31-17)36-11-15-1-2-29-19(28)30-15/h1-2,7-8,10,17,31H,3-6,9,11H2,(H2,28,29,30). The van der Waals surface area contributed by atoms with Gasteiger partial charge in [0.25, 0.3) is 0 Å². The maximum atomic E-state index is 13.1. The lowest BCUT2D eigenvalue weighted by atomic mass is 10.0. The lowest BCUT2D eigenvalue weighted by Crippen LogP contribution is -2.56. The molecule has 1 unspecified atom stereocenters. The predicted molar refractivity (Wildman–Crippen MR) is 121 cm³/mol. The molecule has 1 atom stereocenters. The Morgan fingerprint density at radius 1 is 1.08 bits per heavy atom. The minimum absolute atomic E-state index is 0.0419. The van der Waals surface area contributed by atoms with Crippen molar-refractivity contribution in [2.75, 3.05) is 31.9 Å². The molecule has 3 N–H and O–H groups in total. The molecule has 1 aromatic carbocycles. The average Bonchev–Trinajstić information content (AvgIpc) is 3.30. The highest BCUT2D eigenvalue weighted by molar-refractivity contribution is 7.96. The van der Waals surface area contributed by atoms with Crippen LogP contribution in [-0.2, 0) is 34.9 Å². The van der Waals surface area contributed by atoms with Crippen molar-refractivity contribution in [1.29, 1.82) is 0 Å². The van der Waals surface area contributed by atoms with E-state index < -0.39 is 35.8 Å². The molecule has 2 aromatic rings. The number of ether oxygens (including phenoxy) is 1. The summed E-state index contributed by atoms with van der Waals surface area (Å²) in [5.41, 5.74) is 2.87. The number of rotatable bonds is 5. The Labute approximate surface area is 211 Å². The molecule has 37 heavy (non-hydrogen) atoms. The molecule has 16 heteroatoms. The van der Waals surface area contributed by atoms with Crippen LogP contribution in [0.25, 0.3) is 0 Å². The zero-order valence-electron chi connectivity index (χ0n) is 19.0. The first-order chi connectivity index (χ1) is 17.4. The van der Waals surface area contributed by atoms with Gasteiger partial charge in [-0.1, -0.05) is 0 Å². The summed E-state index contributed by atoms with van der Waals surface area (Å²) in [4.78, 5) is 24.0. The van der Waals surface area contributed by atoms with Crippen molar-refractivity contribution in [2.45, 2.75) is 31.5 Å². The summed E-state index contributed by atoms with van der Waals surface area (Å²) >= 11 is 1.09. The number of nitrogens with one attached hydrogen (secondary N) is 1. The minimum atomic E-state index is -4.97. The maximum absolute atomic E-state index is 13.1. The van der Waals surface area contributed by atoms with Gasteiger partial charge in [-0.05, 0) is 29.8 Å². The van der Waals surface area contributed by atoms with Crippen LogP contribution in [0.2, 0.25) is 0 Å². The number of carbonyl (C=O) groups excluding carboxylic acids is 1. The van der Waals surface area contributed by atoms with Gasteiger partial charge >= 0.3 is 12.4 Å². The van der Waals surface area contributed by atoms with Gasteiger partial charge in [0.2, 0.25) is 17.8 Å². The average molecular weight is 550 g/mol. The fourth-order valence-electron chi connectivity index (χ4n) is 3.84. The van der Waals surface area contributed by atoms with E-state index in [1.165, 1.54) is 11.1 Å². The molecule has 4 rings (SSSR count). The largest absolute Gasteiger partial charge is 0.472 e. The third-order valence-electron chi connectivity index (χ3n) is 5.67. The number of hydrogen-bond acceptors (Lipinski definition) is 9. The molecule has 3 heterocycles. The van der Waals surface area contributed by atoms with E-state index in [0.717, 1.165) is 12.1 Å². The molecule has 0 saturated carbocycles. The Kier molecular flexibility index (Phi) is 7.80.